The molecule has 0 saturated carbocycles. The van der Waals surface area contributed by atoms with Crippen molar-refractivity contribution in [3.05, 3.63) is 18.2 Å². The van der Waals surface area contributed by atoms with Gasteiger partial charge in [0, 0.05) is 37.5 Å². The molecule has 0 aliphatic rings. The summed E-state index contributed by atoms with van der Waals surface area (Å²) in [5.74, 6) is 1.18. The van der Waals surface area contributed by atoms with Crippen molar-refractivity contribution in [1.29, 1.82) is 0 Å². The lowest BCUT2D eigenvalue weighted by atomic mass is 10.3. The summed E-state index contributed by atoms with van der Waals surface area (Å²) in [7, 11) is 5.06. The largest absolute Gasteiger partial charge is 0.497 e. The number of carbonyl (C=O) groups is 1. The lowest BCUT2D eigenvalue weighted by molar-refractivity contribution is 0.262. The highest BCUT2D eigenvalue weighted by molar-refractivity contribution is 7.19. The molecule has 0 spiro atoms. The number of nitrogens with one attached hydrogen (secondary N) is 2. The van der Waals surface area contributed by atoms with Gasteiger partial charge in [0.2, 0.25) is 10.3 Å². The molecule has 2 aromatic rings. The van der Waals surface area contributed by atoms with E-state index in [1.54, 1.807) is 32.4 Å². The first-order valence-corrected chi connectivity index (χ1v) is 8.73. The van der Waals surface area contributed by atoms with Crippen LogP contribution < -0.4 is 25.0 Å². The summed E-state index contributed by atoms with van der Waals surface area (Å²) >= 11 is 1.33. The molecular formula is C16H23N5O3S. The summed E-state index contributed by atoms with van der Waals surface area (Å²) in [4.78, 5) is 14.2. The van der Waals surface area contributed by atoms with Gasteiger partial charge < -0.3 is 19.7 Å². The van der Waals surface area contributed by atoms with Crippen LogP contribution in [0.3, 0.4) is 0 Å². The Bertz CT molecular complexity index is 685. The minimum atomic E-state index is -0.408. The Morgan fingerprint density at radius 3 is 2.44 bits per heavy atom. The highest BCUT2D eigenvalue weighted by Crippen LogP contribution is 2.26. The van der Waals surface area contributed by atoms with Gasteiger partial charge in [0.05, 0.1) is 14.2 Å². The average Bonchev–Trinajstić information content (AvgIpc) is 3.07. The molecule has 1 heterocycles. The number of aromatic nitrogens is 2. The molecule has 1 aromatic carbocycles. The maximum absolute atomic E-state index is 12.2. The summed E-state index contributed by atoms with van der Waals surface area (Å²) in [6.07, 6.45) is 2.19. The number of methoxy groups -OCH3 is 2. The third-order valence-electron chi connectivity index (χ3n) is 3.42. The minimum absolute atomic E-state index is 0.408. The van der Waals surface area contributed by atoms with Crippen molar-refractivity contribution in [3.8, 4) is 11.5 Å². The highest BCUT2D eigenvalue weighted by Gasteiger charge is 2.12. The van der Waals surface area contributed by atoms with Crippen molar-refractivity contribution in [2.24, 2.45) is 0 Å². The molecule has 9 heteroatoms. The Morgan fingerprint density at radius 1 is 1.16 bits per heavy atom. The van der Waals surface area contributed by atoms with Crippen LogP contribution in [-0.4, -0.2) is 44.0 Å². The molecule has 2 rings (SSSR count). The van der Waals surface area contributed by atoms with Crippen LogP contribution in [-0.2, 0) is 0 Å². The molecule has 0 saturated heterocycles. The smallest absolute Gasteiger partial charge is 0.325 e. The summed E-state index contributed by atoms with van der Waals surface area (Å²) in [5, 5.41) is 14.7. The molecular weight excluding hydrogens is 342 g/mol. The third kappa shape index (κ3) is 5.49. The second-order valence-electron chi connectivity index (χ2n) is 5.35. The molecule has 0 bridgehead atoms. The van der Waals surface area contributed by atoms with Crippen LogP contribution in [0.15, 0.2) is 18.2 Å². The number of urea groups is 1. The number of carbonyl (C=O) groups excluding carboxylic acids is 1. The lowest BCUT2D eigenvalue weighted by Gasteiger charge is -2.13. The van der Waals surface area contributed by atoms with E-state index in [4.69, 9.17) is 9.47 Å². The lowest BCUT2D eigenvalue weighted by Crippen LogP contribution is -2.19. The Kier molecular flexibility index (Phi) is 6.81. The topological polar surface area (TPSA) is 88.6 Å². The second-order valence-corrected chi connectivity index (χ2v) is 6.30. The summed E-state index contributed by atoms with van der Waals surface area (Å²) < 4.78 is 10.4. The Balaban J connectivity index is 1.97. The molecule has 0 atom stereocenters. The maximum atomic E-state index is 12.2. The molecule has 25 heavy (non-hydrogen) atoms. The van der Waals surface area contributed by atoms with Crippen LogP contribution in [0.2, 0.25) is 0 Å². The number of nitrogens with zero attached hydrogens (tertiary/aromatic N) is 3. The maximum Gasteiger partial charge on any atom is 0.325 e. The van der Waals surface area contributed by atoms with Crippen LogP contribution in [0.4, 0.5) is 20.7 Å². The van der Waals surface area contributed by atoms with Crippen LogP contribution >= 0.6 is 11.3 Å². The van der Waals surface area contributed by atoms with Crippen LogP contribution in [0, 0.1) is 0 Å². The van der Waals surface area contributed by atoms with Gasteiger partial charge in [-0.15, -0.1) is 10.2 Å². The van der Waals surface area contributed by atoms with Crippen molar-refractivity contribution >= 4 is 33.3 Å². The predicted octanol–water partition coefficient (Wildman–Crippen LogP) is 3.44. The quantitative estimate of drug-likeness (QED) is 0.745. The van der Waals surface area contributed by atoms with Crippen molar-refractivity contribution in [1.82, 2.24) is 10.2 Å². The van der Waals surface area contributed by atoms with E-state index in [1.165, 1.54) is 11.3 Å². The van der Waals surface area contributed by atoms with Gasteiger partial charge in [-0.1, -0.05) is 24.7 Å². The SMILES string of the molecule is CCCCN(C)c1nnc(NC(=O)Nc2cc(OC)cc(OC)c2)s1. The first-order valence-electron chi connectivity index (χ1n) is 7.91. The van der Waals surface area contributed by atoms with E-state index in [-0.39, 0.29) is 0 Å². The first-order chi connectivity index (χ1) is 12.0. The van der Waals surface area contributed by atoms with E-state index in [0.717, 1.165) is 24.5 Å². The second kappa shape index (κ2) is 9.07. The van der Waals surface area contributed by atoms with Crippen LogP contribution in [0.5, 0.6) is 11.5 Å². The zero-order chi connectivity index (χ0) is 18.2. The Morgan fingerprint density at radius 2 is 1.84 bits per heavy atom. The number of ether oxygens (including phenoxy) is 2. The van der Waals surface area contributed by atoms with E-state index in [1.807, 2.05) is 11.9 Å². The number of anilines is 3. The minimum Gasteiger partial charge on any atom is -0.497 e. The number of unbranched alkanes of at least 4 members (excludes halogenated alkanes) is 1. The molecule has 1 aromatic heterocycles. The molecule has 2 amide bonds. The normalized spacial score (nSPS) is 10.2. The Hall–Kier alpha value is -2.55. The molecule has 0 unspecified atom stereocenters. The number of amides is 2. The van der Waals surface area contributed by atoms with Gasteiger partial charge in [-0.05, 0) is 6.42 Å². The van der Waals surface area contributed by atoms with Gasteiger partial charge in [0.1, 0.15) is 11.5 Å². The van der Waals surface area contributed by atoms with Gasteiger partial charge in [-0.3, -0.25) is 5.32 Å². The van der Waals surface area contributed by atoms with Crippen molar-refractivity contribution in [3.63, 3.8) is 0 Å². The molecule has 0 fully saturated rings. The third-order valence-corrected chi connectivity index (χ3v) is 4.37. The molecule has 0 radical (unpaired) electrons. The monoisotopic (exact) mass is 365 g/mol. The van der Waals surface area contributed by atoms with E-state index >= 15 is 0 Å². The number of rotatable bonds is 8. The molecule has 2 N–H and O–H groups in total. The standard InChI is InChI=1S/C16H23N5O3S/c1-5-6-7-21(2)16-20-19-15(25-16)18-14(22)17-11-8-12(23-3)10-13(9-11)24-4/h8-10H,5-7H2,1-4H3,(H2,17,18,19,22). The van der Waals surface area contributed by atoms with E-state index in [0.29, 0.717) is 22.3 Å². The number of hydrogen-bond donors (Lipinski definition) is 2. The predicted molar refractivity (Wildman–Crippen MR) is 100 cm³/mol. The number of benzene rings is 1. The van der Waals surface area contributed by atoms with Crippen LogP contribution in [0.25, 0.3) is 0 Å². The highest BCUT2D eigenvalue weighted by atomic mass is 32.1. The zero-order valence-electron chi connectivity index (χ0n) is 14.8. The van der Waals surface area contributed by atoms with Crippen LogP contribution in [0.1, 0.15) is 19.8 Å². The van der Waals surface area contributed by atoms with E-state index in [2.05, 4.69) is 27.8 Å². The molecule has 8 nitrogen and oxygen atoms in total. The van der Waals surface area contributed by atoms with E-state index < -0.39 is 6.03 Å². The van der Waals surface area contributed by atoms with Gasteiger partial charge >= 0.3 is 6.03 Å². The first kappa shape index (κ1) is 18.8. The molecule has 0 aliphatic carbocycles. The molecule has 0 aliphatic heterocycles. The van der Waals surface area contributed by atoms with Gasteiger partial charge in [0.15, 0.2) is 0 Å². The number of hydrogen-bond acceptors (Lipinski definition) is 7. The van der Waals surface area contributed by atoms with Gasteiger partial charge in [-0.2, -0.15) is 0 Å². The Labute approximate surface area is 151 Å². The fourth-order valence-corrected chi connectivity index (χ4v) is 2.78. The fourth-order valence-electron chi connectivity index (χ4n) is 2.05. The van der Waals surface area contributed by atoms with Gasteiger partial charge in [-0.25, -0.2) is 4.79 Å². The average molecular weight is 365 g/mol. The summed E-state index contributed by atoms with van der Waals surface area (Å²) in [6, 6.07) is 4.72. The van der Waals surface area contributed by atoms with Crippen molar-refractivity contribution < 1.29 is 14.3 Å². The zero-order valence-corrected chi connectivity index (χ0v) is 15.6. The van der Waals surface area contributed by atoms with Gasteiger partial charge in [0.25, 0.3) is 0 Å². The molecule has 136 valence electrons. The fraction of sp³-hybridized carbons (Fsp3) is 0.438. The summed E-state index contributed by atoms with van der Waals surface area (Å²) in [5.41, 5.74) is 0.554. The van der Waals surface area contributed by atoms with Crippen molar-refractivity contribution in [2.45, 2.75) is 19.8 Å². The summed E-state index contributed by atoms with van der Waals surface area (Å²) in [6.45, 7) is 3.04. The van der Waals surface area contributed by atoms with Crippen molar-refractivity contribution in [2.75, 3.05) is 43.3 Å². The van der Waals surface area contributed by atoms with E-state index in [9.17, 15) is 4.79 Å².